The first kappa shape index (κ1) is 17.9. The van der Waals surface area contributed by atoms with Crippen LogP contribution in [-0.4, -0.2) is 11.7 Å². The average Bonchev–Trinajstić information content (AvgIpc) is 2.68. The number of rotatable bonds is 8. The third kappa shape index (κ3) is 4.78. The molecule has 0 aliphatic heterocycles. The van der Waals surface area contributed by atoms with Crippen molar-refractivity contribution < 1.29 is 5.11 Å². The molecule has 0 saturated heterocycles. The van der Waals surface area contributed by atoms with Crippen molar-refractivity contribution in [2.75, 3.05) is 6.61 Å². The van der Waals surface area contributed by atoms with Crippen molar-refractivity contribution in [3.63, 3.8) is 0 Å². The van der Waals surface area contributed by atoms with Crippen LogP contribution in [0.1, 0.15) is 24.8 Å². The van der Waals surface area contributed by atoms with Gasteiger partial charge in [0.15, 0.2) is 0 Å². The topological polar surface area (TPSA) is 20.2 Å². The SMILES string of the molecule is OCCCCCc1ccccc1P(c1ccccc1)c1ccccc1. The molecule has 0 unspecified atom stereocenters. The predicted molar refractivity (Wildman–Crippen MR) is 110 cm³/mol. The molecule has 3 aromatic rings. The Morgan fingerprint density at radius 3 is 1.76 bits per heavy atom. The van der Waals surface area contributed by atoms with Gasteiger partial charge in [-0.1, -0.05) is 91.3 Å². The van der Waals surface area contributed by atoms with E-state index in [4.69, 9.17) is 5.11 Å². The molecular formula is C23H25OP. The third-order valence-corrected chi connectivity index (χ3v) is 6.91. The smallest absolute Gasteiger partial charge is 0.0431 e. The van der Waals surface area contributed by atoms with E-state index < -0.39 is 7.92 Å². The number of aryl methyl sites for hydroxylation is 1. The van der Waals surface area contributed by atoms with Gasteiger partial charge >= 0.3 is 0 Å². The summed E-state index contributed by atoms with van der Waals surface area (Å²) in [5, 5.41) is 13.3. The Morgan fingerprint density at radius 1 is 0.600 bits per heavy atom. The van der Waals surface area contributed by atoms with Crippen LogP contribution in [0.4, 0.5) is 0 Å². The number of aliphatic hydroxyl groups excluding tert-OH is 1. The highest BCUT2D eigenvalue weighted by Gasteiger charge is 2.18. The minimum absolute atomic E-state index is 0.294. The zero-order chi connectivity index (χ0) is 17.3. The van der Waals surface area contributed by atoms with Crippen molar-refractivity contribution in [2.24, 2.45) is 0 Å². The summed E-state index contributed by atoms with van der Waals surface area (Å²) < 4.78 is 0. The minimum Gasteiger partial charge on any atom is -0.396 e. The molecule has 0 aromatic heterocycles. The van der Waals surface area contributed by atoms with E-state index >= 15 is 0 Å². The van der Waals surface area contributed by atoms with Crippen molar-refractivity contribution in [1.29, 1.82) is 0 Å². The van der Waals surface area contributed by atoms with E-state index in [-0.39, 0.29) is 0 Å². The molecule has 25 heavy (non-hydrogen) atoms. The first-order chi connectivity index (χ1) is 12.4. The summed E-state index contributed by atoms with van der Waals surface area (Å²) in [5.74, 6) is 0. The normalized spacial score (nSPS) is 11.0. The van der Waals surface area contributed by atoms with Crippen LogP contribution in [0.25, 0.3) is 0 Å². The lowest BCUT2D eigenvalue weighted by atomic mass is 10.1. The van der Waals surface area contributed by atoms with Gasteiger partial charge < -0.3 is 5.11 Å². The van der Waals surface area contributed by atoms with Crippen LogP contribution < -0.4 is 15.9 Å². The summed E-state index contributed by atoms with van der Waals surface area (Å²) in [5.41, 5.74) is 1.44. The molecule has 0 aliphatic rings. The van der Waals surface area contributed by atoms with Gasteiger partial charge in [0.25, 0.3) is 0 Å². The Morgan fingerprint density at radius 2 is 1.16 bits per heavy atom. The lowest BCUT2D eigenvalue weighted by Gasteiger charge is -2.22. The third-order valence-electron chi connectivity index (χ3n) is 4.37. The molecule has 0 fully saturated rings. The Labute approximate surface area is 152 Å². The molecule has 0 radical (unpaired) electrons. The van der Waals surface area contributed by atoms with Crippen LogP contribution in [0, 0.1) is 0 Å². The van der Waals surface area contributed by atoms with Gasteiger partial charge in [-0.15, -0.1) is 0 Å². The number of aliphatic hydroxyl groups is 1. The molecule has 0 spiro atoms. The molecule has 0 saturated carbocycles. The Balaban J connectivity index is 1.97. The molecule has 0 bridgehead atoms. The largest absolute Gasteiger partial charge is 0.396 e. The van der Waals surface area contributed by atoms with Crippen molar-refractivity contribution in [1.82, 2.24) is 0 Å². The molecule has 0 amide bonds. The van der Waals surface area contributed by atoms with Gasteiger partial charge in [0.05, 0.1) is 0 Å². The van der Waals surface area contributed by atoms with Crippen molar-refractivity contribution in [3.05, 3.63) is 90.5 Å². The highest BCUT2D eigenvalue weighted by atomic mass is 31.1. The molecule has 0 atom stereocenters. The summed E-state index contributed by atoms with van der Waals surface area (Å²) in [6, 6.07) is 30.6. The molecule has 3 aromatic carbocycles. The van der Waals surface area contributed by atoms with Crippen molar-refractivity contribution in [2.45, 2.75) is 25.7 Å². The molecule has 0 aliphatic carbocycles. The number of hydrogen-bond donors (Lipinski definition) is 1. The second kappa shape index (κ2) is 9.51. The maximum Gasteiger partial charge on any atom is 0.0431 e. The van der Waals surface area contributed by atoms with E-state index in [0.29, 0.717) is 6.61 Å². The summed E-state index contributed by atoms with van der Waals surface area (Å²) in [4.78, 5) is 0. The summed E-state index contributed by atoms with van der Waals surface area (Å²) >= 11 is 0. The summed E-state index contributed by atoms with van der Waals surface area (Å²) in [7, 11) is -0.541. The molecule has 128 valence electrons. The van der Waals surface area contributed by atoms with Gasteiger partial charge in [0.2, 0.25) is 0 Å². The van der Waals surface area contributed by atoms with E-state index in [1.165, 1.54) is 21.5 Å². The predicted octanol–water partition coefficient (Wildman–Crippen LogP) is 4.15. The maximum absolute atomic E-state index is 9.01. The highest BCUT2D eigenvalue weighted by molar-refractivity contribution is 7.79. The van der Waals surface area contributed by atoms with Crippen LogP contribution in [0.2, 0.25) is 0 Å². The fraction of sp³-hybridized carbons (Fsp3) is 0.217. The fourth-order valence-electron chi connectivity index (χ4n) is 3.13. The summed E-state index contributed by atoms with van der Waals surface area (Å²) in [6.45, 7) is 0.294. The second-order valence-electron chi connectivity index (χ2n) is 6.17. The molecule has 2 heteroatoms. The quantitative estimate of drug-likeness (QED) is 0.479. The van der Waals surface area contributed by atoms with Crippen molar-refractivity contribution in [3.8, 4) is 0 Å². The Hall–Kier alpha value is -1.95. The van der Waals surface area contributed by atoms with Gasteiger partial charge in [-0.05, 0) is 48.7 Å². The first-order valence-electron chi connectivity index (χ1n) is 8.99. The standard InChI is InChI=1S/C23H25OP/c24-19-11-3-4-12-20-13-9-10-18-23(20)25(21-14-5-1-6-15-21)22-16-7-2-8-17-22/h1-2,5-10,13-18,24H,3-4,11-12,19H2. The van der Waals surface area contributed by atoms with Gasteiger partial charge in [-0.3, -0.25) is 0 Å². The van der Waals surface area contributed by atoms with E-state index in [2.05, 4.69) is 84.9 Å². The van der Waals surface area contributed by atoms with Crippen LogP contribution in [0.15, 0.2) is 84.9 Å². The Bertz CT molecular complexity index is 716. The zero-order valence-corrected chi connectivity index (χ0v) is 15.4. The van der Waals surface area contributed by atoms with Gasteiger partial charge in [-0.2, -0.15) is 0 Å². The maximum atomic E-state index is 9.01. The number of unbranched alkanes of at least 4 members (excludes halogenated alkanes) is 2. The molecule has 3 rings (SSSR count). The van der Waals surface area contributed by atoms with Gasteiger partial charge in [-0.25, -0.2) is 0 Å². The lowest BCUT2D eigenvalue weighted by molar-refractivity contribution is 0.283. The number of hydrogen-bond acceptors (Lipinski definition) is 1. The monoisotopic (exact) mass is 348 g/mol. The zero-order valence-electron chi connectivity index (χ0n) is 14.5. The van der Waals surface area contributed by atoms with Crippen LogP contribution in [-0.2, 0) is 6.42 Å². The van der Waals surface area contributed by atoms with E-state index in [1.54, 1.807) is 0 Å². The molecule has 1 nitrogen and oxygen atoms in total. The average molecular weight is 348 g/mol. The highest BCUT2D eigenvalue weighted by Crippen LogP contribution is 2.34. The van der Waals surface area contributed by atoms with Crippen molar-refractivity contribution >= 4 is 23.8 Å². The van der Waals surface area contributed by atoms with E-state index in [0.717, 1.165) is 25.7 Å². The Kier molecular flexibility index (Phi) is 6.79. The van der Waals surface area contributed by atoms with E-state index in [1.807, 2.05) is 0 Å². The van der Waals surface area contributed by atoms with Crippen LogP contribution in [0.5, 0.6) is 0 Å². The van der Waals surface area contributed by atoms with Crippen LogP contribution >= 0.6 is 7.92 Å². The van der Waals surface area contributed by atoms with Crippen LogP contribution in [0.3, 0.4) is 0 Å². The first-order valence-corrected chi connectivity index (χ1v) is 10.3. The van der Waals surface area contributed by atoms with Gasteiger partial charge in [0, 0.05) is 6.61 Å². The fourth-order valence-corrected chi connectivity index (χ4v) is 5.63. The number of benzene rings is 3. The van der Waals surface area contributed by atoms with Gasteiger partial charge in [0.1, 0.15) is 0 Å². The lowest BCUT2D eigenvalue weighted by Crippen LogP contribution is -2.23. The summed E-state index contributed by atoms with van der Waals surface area (Å²) in [6.07, 6.45) is 4.19. The second-order valence-corrected chi connectivity index (χ2v) is 8.35. The molecular weight excluding hydrogens is 323 g/mol. The molecule has 0 heterocycles. The van der Waals surface area contributed by atoms with E-state index in [9.17, 15) is 0 Å². The minimum atomic E-state index is -0.541. The molecule has 1 N–H and O–H groups in total.